The molecule has 0 spiro atoms. The highest BCUT2D eigenvalue weighted by atomic mass is 32.1. The van der Waals surface area contributed by atoms with Crippen molar-refractivity contribution in [1.29, 1.82) is 0 Å². The number of carbonyl (C=O) groups is 1. The van der Waals surface area contributed by atoms with Gasteiger partial charge in [0, 0.05) is 19.1 Å². The van der Waals surface area contributed by atoms with Crippen molar-refractivity contribution in [3.8, 4) is 0 Å². The van der Waals surface area contributed by atoms with Crippen molar-refractivity contribution in [2.24, 2.45) is 5.92 Å². The van der Waals surface area contributed by atoms with Crippen molar-refractivity contribution in [3.05, 3.63) is 10.6 Å². The topological polar surface area (TPSA) is 58.1 Å². The summed E-state index contributed by atoms with van der Waals surface area (Å²) in [6.45, 7) is 9.44. The van der Waals surface area contributed by atoms with E-state index in [1.807, 2.05) is 6.92 Å². The van der Waals surface area contributed by atoms with Crippen molar-refractivity contribution in [2.45, 2.75) is 46.1 Å². The van der Waals surface area contributed by atoms with Gasteiger partial charge in [-0.25, -0.2) is 0 Å². The molecule has 2 heterocycles. The first-order chi connectivity index (χ1) is 9.61. The monoisotopic (exact) mass is 296 g/mol. The predicted molar refractivity (Wildman–Crippen MR) is 81.1 cm³/mol. The van der Waals surface area contributed by atoms with E-state index in [4.69, 9.17) is 0 Å². The molecule has 0 saturated carbocycles. The number of piperidine rings is 1. The van der Waals surface area contributed by atoms with Gasteiger partial charge in [0.15, 0.2) is 0 Å². The van der Waals surface area contributed by atoms with Crippen molar-refractivity contribution >= 4 is 17.4 Å². The van der Waals surface area contributed by atoms with Gasteiger partial charge in [0.2, 0.25) is 0 Å². The van der Waals surface area contributed by atoms with Crippen molar-refractivity contribution in [1.82, 2.24) is 19.8 Å². The van der Waals surface area contributed by atoms with Crippen LogP contribution in [0.4, 0.5) is 0 Å². The van der Waals surface area contributed by atoms with E-state index in [1.165, 1.54) is 24.4 Å². The standard InChI is InChI=1S/C14H24N4OS/c1-4-12-13(20-17-16-12)14(19)15-8-11(3)18-7-5-6-10(2)9-18/h10-11H,4-9H2,1-3H3,(H,15,19)/t10-,11-/m0/s1. The molecule has 1 aliphatic heterocycles. The summed E-state index contributed by atoms with van der Waals surface area (Å²) < 4.78 is 3.86. The molecule has 0 unspecified atom stereocenters. The van der Waals surface area contributed by atoms with Gasteiger partial charge in [0.1, 0.15) is 4.88 Å². The zero-order valence-electron chi connectivity index (χ0n) is 12.6. The Bertz CT molecular complexity index is 448. The Morgan fingerprint density at radius 1 is 1.60 bits per heavy atom. The fourth-order valence-electron chi connectivity index (χ4n) is 2.69. The minimum atomic E-state index is -0.0336. The van der Waals surface area contributed by atoms with Crippen LogP contribution in [0, 0.1) is 5.92 Å². The van der Waals surface area contributed by atoms with Crippen LogP contribution in [0.3, 0.4) is 0 Å². The third kappa shape index (κ3) is 3.76. The number of likely N-dealkylation sites (tertiary alicyclic amines) is 1. The quantitative estimate of drug-likeness (QED) is 0.902. The summed E-state index contributed by atoms with van der Waals surface area (Å²) in [5.41, 5.74) is 0.798. The molecule has 1 N–H and O–H groups in total. The first kappa shape index (κ1) is 15.4. The maximum Gasteiger partial charge on any atom is 0.265 e. The van der Waals surface area contributed by atoms with Crippen LogP contribution in [0.5, 0.6) is 0 Å². The molecule has 1 aliphatic rings. The van der Waals surface area contributed by atoms with Crippen molar-refractivity contribution in [2.75, 3.05) is 19.6 Å². The Labute approximate surface area is 124 Å². The number of amides is 1. The van der Waals surface area contributed by atoms with Crippen LogP contribution in [0.1, 0.15) is 49.0 Å². The van der Waals surface area contributed by atoms with Gasteiger partial charge in [-0.2, -0.15) is 0 Å². The van der Waals surface area contributed by atoms with Crippen molar-refractivity contribution < 1.29 is 4.79 Å². The molecule has 20 heavy (non-hydrogen) atoms. The second-order valence-corrected chi connectivity index (χ2v) is 6.46. The van der Waals surface area contributed by atoms with Gasteiger partial charge in [-0.3, -0.25) is 9.69 Å². The molecule has 6 heteroatoms. The smallest absolute Gasteiger partial charge is 0.265 e. The molecule has 0 radical (unpaired) electrons. The summed E-state index contributed by atoms with van der Waals surface area (Å²) in [6.07, 6.45) is 3.33. The predicted octanol–water partition coefficient (Wildman–Crippen LogP) is 1.95. The average Bonchev–Trinajstić information content (AvgIpc) is 2.92. The lowest BCUT2D eigenvalue weighted by molar-refractivity contribution is 0.0920. The third-order valence-corrected chi connectivity index (χ3v) is 4.73. The molecule has 0 aromatic carbocycles. The van der Waals surface area contributed by atoms with Gasteiger partial charge >= 0.3 is 0 Å². The number of nitrogens with one attached hydrogen (secondary N) is 1. The maximum atomic E-state index is 12.1. The Morgan fingerprint density at radius 3 is 3.10 bits per heavy atom. The van der Waals surface area contributed by atoms with Crippen LogP contribution in [0.15, 0.2) is 0 Å². The Hall–Kier alpha value is -1.01. The molecular formula is C14H24N4OS. The van der Waals surface area contributed by atoms with E-state index in [0.717, 1.165) is 31.1 Å². The van der Waals surface area contributed by atoms with Gasteiger partial charge in [-0.05, 0) is 50.2 Å². The van der Waals surface area contributed by atoms with E-state index in [-0.39, 0.29) is 5.91 Å². The molecular weight excluding hydrogens is 272 g/mol. The lowest BCUT2D eigenvalue weighted by Crippen LogP contribution is -2.46. The van der Waals surface area contributed by atoms with E-state index < -0.39 is 0 Å². The highest BCUT2D eigenvalue weighted by molar-refractivity contribution is 7.08. The molecule has 1 aromatic rings. The van der Waals surface area contributed by atoms with Crippen molar-refractivity contribution in [3.63, 3.8) is 0 Å². The number of hydrogen-bond donors (Lipinski definition) is 1. The second-order valence-electron chi connectivity index (χ2n) is 5.70. The number of carbonyl (C=O) groups excluding carboxylic acids is 1. The van der Waals surface area contributed by atoms with Gasteiger partial charge in [-0.15, -0.1) is 5.10 Å². The molecule has 112 valence electrons. The molecule has 2 rings (SSSR count). The van der Waals surface area contributed by atoms with Crippen LogP contribution in [-0.4, -0.2) is 46.1 Å². The molecule has 1 saturated heterocycles. The molecule has 0 aliphatic carbocycles. The first-order valence-corrected chi connectivity index (χ1v) is 8.22. The lowest BCUT2D eigenvalue weighted by atomic mass is 9.99. The highest BCUT2D eigenvalue weighted by Gasteiger charge is 2.22. The first-order valence-electron chi connectivity index (χ1n) is 7.45. The van der Waals surface area contributed by atoms with E-state index in [9.17, 15) is 4.79 Å². The molecule has 1 amide bonds. The van der Waals surface area contributed by atoms with E-state index in [1.54, 1.807) is 0 Å². The fourth-order valence-corrected chi connectivity index (χ4v) is 3.35. The summed E-state index contributed by atoms with van der Waals surface area (Å²) in [4.78, 5) is 15.3. The second kappa shape index (κ2) is 7.13. The zero-order chi connectivity index (χ0) is 14.5. The summed E-state index contributed by atoms with van der Waals surface area (Å²) in [5.74, 6) is 0.730. The number of aryl methyl sites for hydroxylation is 1. The zero-order valence-corrected chi connectivity index (χ0v) is 13.4. The van der Waals surface area contributed by atoms with E-state index >= 15 is 0 Å². The van der Waals surface area contributed by atoms with Crippen LogP contribution in [0.25, 0.3) is 0 Å². The molecule has 2 atom stereocenters. The van der Waals surface area contributed by atoms with Crippen LogP contribution in [-0.2, 0) is 6.42 Å². The van der Waals surface area contributed by atoms with Crippen LogP contribution < -0.4 is 5.32 Å². The number of aromatic nitrogens is 2. The summed E-state index contributed by atoms with van der Waals surface area (Å²) in [7, 11) is 0. The molecule has 5 nitrogen and oxygen atoms in total. The number of nitrogens with zero attached hydrogens (tertiary/aromatic N) is 3. The fraction of sp³-hybridized carbons (Fsp3) is 0.786. The Morgan fingerprint density at radius 2 is 2.40 bits per heavy atom. The third-order valence-electron chi connectivity index (χ3n) is 3.97. The summed E-state index contributed by atoms with van der Waals surface area (Å²) in [6, 6.07) is 0.382. The Kier molecular flexibility index (Phi) is 5.48. The minimum absolute atomic E-state index is 0.0336. The lowest BCUT2D eigenvalue weighted by Gasteiger charge is -2.35. The summed E-state index contributed by atoms with van der Waals surface area (Å²) >= 11 is 1.18. The number of hydrogen-bond acceptors (Lipinski definition) is 5. The van der Waals surface area contributed by atoms with Gasteiger partial charge in [0.25, 0.3) is 5.91 Å². The molecule has 1 aromatic heterocycles. The van der Waals surface area contributed by atoms with E-state index in [0.29, 0.717) is 17.5 Å². The largest absolute Gasteiger partial charge is 0.350 e. The average molecular weight is 296 g/mol. The molecule has 0 bridgehead atoms. The van der Waals surface area contributed by atoms with Gasteiger partial charge in [0.05, 0.1) is 5.69 Å². The molecule has 1 fully saturated rings. The highest BCUT2D eigenvalue weighted by Crippen LogP contribution is 2.17. The summed E-state index contributed by atoms with van der Waals surface area (Å²) in [5, 5.41) is 7.00. The maximum absolute atomic E-state index is 12.1. The van der Waals surface area contributed by atoms with Crippen LogP contribution >= 0.6 is 11.5 Å². The van der Waals surface area contributed by atoms with Crippen LogP contribution in [0.2, 0.25) is 0 Å². The van der Waals surface area contributed by atoms with E-state index in [2.05, 4.69) is 33.7 Å². The number of rotatable bonds is 5. The minimum Gasteiger partial charge on any atom is -0.350 e. The Balaban J connectivity index is 1.83. The van der Waals surface area contributed by atoms with Gasteiger partial charge in [-0.1, -0.05) is 18.3 Å². The SMILES string of the molecule is CCc1nnsc1C(=O)NC[C@H](C)N1CCC[C@H](C)C1. The normalized spacial score (nSPS) is 21.6. The van der Waals surface area contributed by atoms with Gasteiger partial charge < -0.3 is 5.32 Å².